The molecule has 0 unspecified atom stereocenters. The molecule has 0 bridgehead atoms. The molecule has 6 heteroatoms. The van der Waals surface area contributed by atoms with E-state index in [4.69, 9.17) is 4.98 Å². The first-order valence-corrected chi connectivity index (χ1v) is 10.4. The van der Waals surface area contributed by atoms with Crippen molar-refractivity contribution in [3.63, 3.8) is 0 Å². The van der Waals surface area contributed by atoms with Crippen LogP contribution < -0.4 is 5.32 Å². The maximum atomic E-state index is 4.85. The van der Waals surface area contributed by atoms with E-state index in [9.17, 15) is 0 Å². The molecule has 0 aliphatic carbocycles. The summed E-state index contributed by atoms with van der Waals surface area (Å²) in [5.41, 5.74) is 5.40. The second-order valence-electron chi connectivity index (χ2n) is 7.87. The van der Waals surface area contributed by atoms with E-state index in [1.54, 1.807) is 0 Å². The fourth-order valence-corrected chi connectivity index (χ4v) is 4.15. The zero-order valence-electron chi connectivity index (χ0n) is 16.8. The normalized spacial score (nSPS) is 14.8. The van der Waals surface area contributed by atoms with Crippen molar-refractivity contribution in [3.8, 4) is 0 Å². The topological polar surface area (TPSA) is 58.9 Å². The number of anilines is 1. The lowest BCUT2D eigenvalue weighted by Crippen LogP contribution is -2.26. The molecular weight excluding hydrogens is 360 g/mol. The second kappa shape index (κ2) is 7.79. The lowest BCUT2D eigenvalue weighted by Gasteiger charge is -2.14. The molecule has 1 saturated heterocycles. The number of fused-ring (bicyclic) bond motifs is 3. The number of rotatable bonds is 6. The third-order valence-electron chi connectivity index (χ3n) is 5.75. The highest BCUT2D eigenvalue weighted by Gasteiger charge is 2.15. The van der Waals surface area contributed by atoms with Crippen molar-refractivity contribution >= 4 is 28.0 Å². The van der Waals surface area contributed by atoms with Gasteiger partial charge in [-0.15, -0.1) is 10.2 Å². The van der Waals surface area contributed by atoms with Crippen molar-refractivity contribution in [1.29, 1.82) is 0 Å². The fourth-order valence-electron chi connectivity index (χ4n) is 4.15. The van der Waals surface area contributed by atoms with Crippen LogP contribution in [0.25, 0.3) is 22.1 Å². The van der Waals surface area contributed by atoms with Gasteiger partial charge in [-0.05, 0) is 44.5 Å². The Morgan fingerprint density at radius 2 is 1.76 bits per heavy atom. The van der Waals surface area contributed by atoms with E-state index in [-0.39, 0.29) is 0 Å². The van der Waals surface area contributed by atoms with Gasteiger partial charge in [0.2, 0.25) is 5.95 Å². The first-order chi connectivity index (χ1) is 14.3. The van der Waals surface area contributed by atoms with E-state index in [1.165, 1.54) is 37.1 Å². The quantitative estimate of drug-likeness (QED) is 0.546. The van der Waals surface area contributed by atoms with E-state index in [0.717, 1.165) is 41.7 Å². The minimum Gasteiger partial charge on any atom is -0.352 e. The van der Waals surface area contributed by atoms with Crippen molar-refractivity contribution in [1.82, 2.24) is 24.6 Å². The SMILES string of the molecule is Cc1ccc(Cn2c3ccccc3c3nnc(NCCN4CCCC4)nc32)cc1. The van der Waals surface area contributed by atoms with Crippen molar-refractivity contribution in [2.45, 2.75) is 26.3 Å². The lowest BCUT2D eigenvalue weighted by atomic mass is 10.1. The summed E-state index contributed by atoms with van der Waals surface area (Å²) in [5, 5.41) is 13.3. The number of likely N-dealkylation sites (tertiary alicyclic amines) is 1. The fraction of sp³-hybridized carbons (Fsp3) is 0.348. The molecule has 1 N–H and O–H groups in total. The zero-order chi connectivity index (χ0) is 19.6. The van der Waals surface area contributed by atoms with Gasteiger partial charge in [-0.25, -0.2) is 0 Å². The van der Waals surface area contributed by atoms with Gasteiger partial charge < -0.3 is 14.8 Å². The van der Waals surface area contributed by atoms with Crippen LogP contribution >= 0.6 is 0 Å². The van der Waals surface area contributed by atoms with Crippen molar-refractivity contribution < 1.29 is 0 Å². The number of hydrogen-bond donors (Lipinski definition) is 1. The van der Waals surface area contributed by atoms with E-state index < -0.39 is 0 Å². The van der Waals surface area contributed by atoms with E-state index in [0.29, 0.717) is 5.95 Å². The first kappa shape index (κ1) is 18.1. The summed E-state index contributed by atoms with van der Waals surface area (Å²) in [6.07, 6.45) is 2.62. The summed E-state index contributed by atoms with van der Waals surface area (Å²) in [6, 6.07) is 17.0. The predicted octanol–water partition coefficient (Wildman–Crippen LogP) is 3.84. The van der Waals surface area contributed by atoms with Gasteiger partial charge in [0.25, 0.3) is 0 Å². The molecule has 0 spiro atoms. The van der Waals surface area contributed by atoms with Crippen LogP contribution in [-0.4, -0.2) is 50.8 Å². The van der Waals surface area contributed by atoms with Gasteiger partial charge in [0.05, 0.1) is 5.52 Å². The summed E-state index contributed by atoms with van der Waals surface area (Å²) < 4.78 is 2.25. The summed E-state index contributed by atoms with van der Waals surface area (Å²) in [4.78, 5) is 7.33. The Balaban J connectivity index is 1.47. The number of aromatic nitrogens is 4. The summed E-state index contributed by atoms with van der Waals surface area (Å²) >= 11 is 0. The molecule has 0 amide bonds. The first-order valence-electron chi connectivity index (χ1n) is 10.4. The summed E-state index contributed by atoms with van der Waals surface area (Å²) in [5.74, 6) is 0.602. The predicted molar refractivity (Wildman–Crippen MR) is 117 cm³/mol. The molecule has 6 nitrogen and oxygen atoms in total. The molecule has 1 aliphatic heterocycles. The Labute approximate surface area is 170 Å². The van der Waals surface area contributed by atoms with Crippen LogP contribution in [0.1, 0.15) is 24.0 Å². The molecule has 0 radical (unpaired) electrons. The Morgan fingerprint density at radius 1 is 0.966 bits per heavy atom. The van der Waals surface area contributed by atoms with Crippen LogP contribution in [-0.2, 0) is 6.54 Å². The average Bonchev–Trinajstić information content (AvgIpc) is 3.37. The van der Waals surface area contributed by atoms with Gasteiger partial charge in [0, 0.05) is 25.0 Å². The molecule has 4 aromatic rings. The maximum absolute atomic E-state index is 4.85. The van der Waals surface area contributed by atoms with Crippen LogP contribution in [0.2, 0.25) is 0 Å². The van der Waals surface area contributed by atoms with Gasteiger partial charge in [-0.2, -0.15) is 4.98 Å². The van der Waals surface area contributed by atoms with Crippen LogP contribution in [0.3, 0.4) is 0 Å². The molecule has 29 heavy (non-hydrogen) atoms. The highest BCUT2D eigenvalue weighted by molar-refractivity contribution is 6.04. The van der Waals surface area contributed by atoms with E-state index in [1.807, 2.05) is 6.07 Å². The smallest absolute Gasteiger partial charge is 0.244 e. The number of nitrogens with one attached hydrogen (secondary N) is 1. The third kappa shape index (κ3) is 3.68. The molecule has 1 aliphatic rings. The van der Waals surface area contributed by atoms with Gasteiger partial charge in [-0.3, -0.25) is 0 Å². The lowest BCUT2D eigenvalue weighted by molar-refractivity contribution is 0.352. The number of nitrogens with zero attached hydrogens (tertiary/aromatic N) is 5. The van der Waals surface area contributed by atoms with Crippen molar-refractivity contribution in [2.24, 2.45) is 0 Å². The molecular formula is C23H26N6. The standard InChI is InChI=1S/C23H26N6/c1-17-8-10-18(11-9-17)16-29-20-7-3-2-6-19(20)21-22(29)25-23(27-26-21)24-12-15-28-13-4-5-14-28/h2-3,6-11H,4-5,12-16H2,1H3,(H,24,25,27). The number of para-hydroxylation sites is 1. The Hall–Kier alpha value is -2.99. The van der Waals surface area contributed by atoms with E-state index >= 15 is 0 Å². The van der Waals surface area contributed by atoms with Gasteiger partial charge in [0.15, 0.2) is 5.65 Å². The Kier molecular flexibility index (Phi) is 4.86. The van der Waals surface area contributed by atoms with Crippen LogP contribution in [0, 0.1) is 6.92 Å². The highest BCUT2D eigenvalue weighted by Crippen LogP contribution is 2.27. The number of aryl methyl sites for hydroxylation is 1. The van der Waals surface area contributed by atoms with Gasteiger partial charge in [0.1, 0.15) is 5.52 Å². The van der Waals surface area contributed by atoms with Gasteiger partial charge >= 0.3 is 0 Å². The maximum Gasteiger partial charge on any atom is 0.244 e. The highest BCUT2D eigenvalue weighted by atomic mass is 15.3. The molecule has 3 heterocycles. The minimum atomic E-state index is 0.602. The largest absolute Gasteiger partial charge is 0.352 e. The number of hydrogen-bond acceptors (Lipinski definition) is 5. The Bertz CT molecular complexity index is 1130. The second-order valence-corrected chi connectivity index (χ2v) is 7.87. The van der Waals surface area contributed by atoms with Gasteiger partial charge in [-0.1, -0.05) is 48.0 Å². The van der Waals surface area contributed by atoms with Crippen LogP contribution in [0.4, 0.5) is 5.95 Å². The molecule has 5 rings (SSSR count). The van der Waals surface area contributed by atoms with Crippen LogP contribution in [0.5, 0.6) is 0 Å². The monoisotopic (exact) mass is 386 g/mol. The molecule has 0 atom stereocenters. The zero-order valence-corrected chi connectivity index (χ0v) is 16.8. The van der Waals surface area contributed by atoms with Crippen molar-refractivity contribution in [3.05, 3.63) is 59.7 Å². The molecule has 2 aromatic heterocycles. The Morgan fingerprint density at radius 3 is 2.59 bits per heavy atom. The molecule has 1 fully saturated rings. The summed E-state index contributed by atoms with van der Waals surface area (Å²) in [7, 11) is 0. The third-order valence-corrected chi connectivity index (χ3v) is 5.75. The van der Waals surface area contributed by atoms with Crippen molar-refractivity contribution in [2.75, 3.05) is 31.5 Å². The molecule has 0 saturated carbocycles. The average molecular weight is 387 g/mol. The molecule has 148 valence electrons. The summed E-state index contributed by atoms with van der Waals surface area (Å²) in [6.45, 7) is 7.13. The van der Waals surface area contributed by atoms with E-state index in [2.05, 4.69) is 74.4 Å². The number of benzene rings is 2. The molecule has 2 aromatic carbocycles. The minimum absolute atomic E-state index is 0.602. The van der Waals surface area contributed by atoms with Crippen LogP contribution in [0.15, 0.2) is 48.5 Å².